The maximum absolute atomic E-state index is 11.5. The van der Waals surface area contributed by atoms with E-state index in [9.17, 15) is 4.79 Å². The highest BCUT2D eigenvalue weighted by molar-refractivity contribution is 7.99. The van der Waals surface area contributed by atoms with Crippen LogP contribution < -0.4 is 15.4 Å². The summed E-state index contributed by atoms with van der Waals surface area (Å²) in [5.74, 6) is 2.27. The van der Waals surface area contributed by atoms with E-state index in [2.05, 4.69) is 29.8 Å². The first kappa shape index (κ1) is 23.8. The van der Waals surface area contributed by atoms with Crippen molar-refractivity contribution < 1.29 is 14.3 Å². The highest BCUT2D eigenvalue weighted by Gasteiger charge is 2.53. The van der Waals surface area contributed by atoms with Gasteiger partial charge < -0.3 is 20.1 Å². The Balaban J connectivity index is 1.48. The zero-order valence-electron chi connectivity index (χ0n) is 19.7. The first-order valence-corrected chi connectivity index (χ1v) is 12.9. The molecule has 0 aliphatic carbocycles. The van der Waals surface area contributed by atoms with Gasteiger partial charge in [0.2, 0.25) is 0 Å². The van der Waals surface area contributed by atoms with Gasteiger partial charge in [0.05, 0.1) is 31.5 Å². The van der Waals surface area contributed by atoms with Crippen molar-refractivity contribution in [1.29, 1.82) is 0 Å². The van der Waals surface area contributed by atoms with Crippen LogP contribution in [0.25, 0.3) is 0 Å². The van der Waals surface area contributed by atoms with Crippen LogP contribution in [0.2, 0.25) is 0 Å². The number of hydrogen-bond donors (Lipinski definition) is 1. The number of esters is 1. The molecular formula is C25H34N4O3S. The molecule has 1 fully saturated rings. The lowest BCUT2D eigenvalue weighted by atomic mass is 9.75. The van der Waals surface area contributed by atoms with Crippen molar-refractivity contribution in [3.8, 4) is 5.75 Å². The molecular weight excluding hydrogens is 436 g/mol. The average molecular weight is 471 g/mol. The van der Waals surface area contributed by atoms with Crippen molar-refractivity contribution in [2.75, 3.05) is 17.3 Å². The van der Waals surface area contributed by atoms with Crippen LogP contribution in [0.15, 0.2) is 41.7 Å². The first-order chi connectivity index (χ1) is 16.0. The van der Waals surface area contributed by atoms with Gasteiger partial charge in [-0.1, -0.05) is 32.0 Å². The van der Waals surface area contributed by atoms with Gasteiger partial charge in [0.25, 0.3) is 0 Å². The summed E-state index contributed by atoms with van der Waals surface area (Å²) in [5, 5.41) is 0.814. The molecule has 1 aromatic heterocycles. The van der Waals surface area contributed by atoms with Crippen molar-refractivity contribution in [3.63, 3.8) is 0 Å². The minimum absolute atomic E-state index is 0.122. The fourth-order valence-corrected chi connectivity index (χ4v) is 5.89. The molecule has 2 aliphatic rings. The van der Waals surface area contributed by atoms with Crippen LogP contribution in [0.3, 0.4) is 0 Å². The van der Waals surface area contributed by atoms with Crippen molar-refractivity contribution >= 4 is 23.5 Å². The maximum Gasteiger partial charge on any atom is 0.306 e. The molecule has 2 aliphatic heterocycles. The van der Waals surface area contributed by atoms with Gasteiger partial charge in [-0.25, -0.2) is 9.97 Å². The second kappa shape index (κ2) is 10.3. The molecule has 8 heteroatoms. The van der Waals surface area contributed by atoms with E-state index in [1.54, 1.807) is 0 Å². The summed E-state index contributed by atoms with van der Waals surface area (Å²) in [6.07, 6.45) is 7.70. The number of aromatic nitrogens is 2. The molecule has 4 rings (SSSR count). The Morgan fingerprint density at radius 3 is 2.52 bits per heavy atom. The number of rotatable bonds is 8. The van der Waals surface area contributed by atoms with E-state index in [0.717, 1.165) is 47.8 Å². The third-order valence-electron chi connectivity index (χ3n) is 6.77. The molecule has 2 N–H and O–H groups in total. The molecule has 1 saturated heterocycles. The van der Waals surface area contributed by atoms with E-state index in [-0.39, 0.29) is 29.7 Å². The molecule has 0 bridgehead atoms. The Morgan fingerprint density at radius 2 is 1.91 bits per heavy atom. The molecule has 0 saturated carbocycles. The molecule has 0 radical (unpaired) electrons. The van der Waals surface area contributed by atoms with Gasteiger partial charge in [0.1, 0.15) is 22.2 Å². The number of benzene rings is 1. The SMILES string of the molecule is CCOC(=O)CCSc1cnc(N2[C@H](CC)CC3(C[C@@H]2CC)Oc2ccccc2[C@H]3N)cn1. The van der Waals surface area contributed by atoms with Crippen molar-refractivity contribution in [2.24, 2.45) is 5.73 Å². The molecule has 7 nitrogen and oxygen atoms in total. The van der Waals surface area contributed by atoms with Gasteiger partial charge in [-0.3, -0.25) is 4.79 Å². The Kier molecular flexibility index (Phi) is 7.44. The first-order valence-electron chi connectivity index (χ1n) is 11.9. The quantitative estimate of drug-likeness (QED) is 0.445. The van der Waals surface area contributed by atoms with Crippen LogP contribution in [0.1, 0.15) is 64.5 Å². The van der Waals surface area contributed by atoms with E-state index in [4.69, 9.17) is 20.2 Å². The number of hydrogen-bond acceptors (Lipinski definition) is 8. The van der Waals surface area contributed by atoms with Crippen molar-refractivity contribution in [1.82, 2.24) is 9.97 Å². The van der Waals surface area contributed by atoms with E-state index in [0.29, 0.717) is 18.8 Å². The van der Waals surface area contributed by atoms with Crippen LogP contribution in [0.4, 0.5) is 5.82 Å². The lowest BCUT2D eigenvalue weighted by Gasteiger charge is -2.50. The number of thioether (sulfide) groups is 1. The predicted octanol–water partition coefficient (Wildman–Crippen LogP) is 4.51. The minimum atomic E-state index is -0.377. The summed E-state index contributed by atoms with van der Waals surface area (Å²) < 4.78 is 11.5. The van der Waals surface area contributed by atoms with Gasteiger partial charge in [-0.2, -0.15) is 0 Å². The number of piperidine rings is 1. The summed E-state index contributed by atoms with van der Waals surface area (Å²) in [6, 6.07) is 8.57. The predicted molar refractivity (Wildman–Crippen MR) is 131 cm³/mol. The van der Waals surface area contributed by atoms with Gasteiger partial charge in [-0.15, -0.1) is 11.8 Å². The number of carbonyl (C=O) groups is 1. The fourth-order valence-electron chi connectivity index (χ4n) is 5.15. The third kappa shape index (κ3) is 4.82. The Bertz CT molecular complexity index is 941. The van der Waals surface area contributed by atoms with Crippen LogP contribution >= 0.6 is 11.8 Å². The van der Waals surface area contributed by atoms with Gasteiger partial charge in [0.15, 0.2) is 0 Å². The molecule has 2 aromatic rings. The lowest BCUT2D eigenvalue weighted by molar-refractivity contribution is -0.142. The molecule has 4 atom stereocenters. The van der Waals surface area contributed by atoms with Crippen molar-refractivity contribution in [2.45, 2.75) is 81.6 Å². The summed E-state index contributed by atoms with van der Waals surface area (Å²) in [5.41, 5.74) is 7.51. The zero-order valence-corrected chi connectivity index (χ0v) is 20.5. The Hall–Kier alpha value is -2.32. The molecule has 33 heavy (non-hydrogen) atoms. The molecule has 1 aromatic carbocycles. The van der Waals surface area contributed by atoms with Crippen molar-refractivity contribution in [3.05, 3.63) is 42.2 Å². The summed E-state index contributed by atoms with van der Waals surface area (Å²) in [6.45, 7) is 6.65. The smallest absolute Gasteiger partial charge is 0.306 e. The molecule has 178 valence electrons. The number of ether oxygens (including phenoxy) is 2. The number of carbonyl (C=O) groups excluding carboxylic acids is 1. The lowest BCUT2D eigenvalue weighted by Crippen LogP contribution is -2.60. The molecule has 1 unspecified atom stereocenters. The topological polar surface area (TPSA) is 90.6 Å². The standard InChI is InChI=1S/C25H34N4O3S/c1-4-17-13-25(24(26)19-9-7-8-10-20(19)32-25)14-18(5-2)29(17)21-15-28-22(16-27-21)33-12-11-23(30)31-6-3/h7-10,15-18,24H,4-6,11-14,26H2,1-3H3/t17-,18+,24-,25?/m1/s1. The van der Waals surface area contributed by atoms with E-state index >= 15 is 0 Å². The molecule has 1 spiro atoms. The fraction of sp³-hybridized carbons (Fsp3) is 0.560. The van der Waals surface area contributed by atoms with Crippen LogP contribution in [-0.2, 0) is 9.53 Å². The number of fused-ring (bicyclic) bond motifs is 1. The average Bonchev–Trinajstić information content (AvgIpc) is 3.10. The normalized spacial score (nSPS) is 26.2. The highest BCUT2D eigenvalue weighted by Crippen LogP contribution is 2.50. The van der Waals surface area contributed by atoms with Crippen LogP contribution in [0.5, 0.6) is 5.75 Å². The van der Waals surface area contributed by atoms with Crippen LogP contribution in [-0.4, -0.2) is 46.0 Å². The van der Waals surface area contributed by atoms with Crippen LogP contribution in [0, 0.1) is 0 Å². The summed E-state index contributed by atoms with van der Waals surface area (Å²) in [7, 11) is 0. The van der Waals surface area contributed by atoms with E-state index < -0.39 is 0 Å². The third-order valence-corrected chi connectivity index (χ3v) is 7.68. The highest BCUT2D eigenvalue weighted by atomic mass is 32.2. The second-order valence-electron chi connectivity index (χ2n) is 8.74. The summed E-state index contributed by atoms with van der Waals surface area (Å²) >= 11 is 1.52. The van der Waals surface area contributed by atoms with Gasteiger partial charge in [0, 0.05) is 36.2 Å². The number of nitrogens with two attached hydrogens (primary N) is 1. The Morgan fingerprint density at radius 1 is 1.18 bits per heavy atom. The van der Waals surface area contributed by atoms with Gasteiger partial charge >= 0.3 is 5.97 Å². The summed E-state index contributed by atoms with van der Waals surface area (Å²) in [4.78, 5) is 23.3. The largest absolute Gasteiger partial charge is 0.485 e. The van der Waals surface area contributed by atoms with E-state index in [1.807, 2.05) is 37.5 Å². The number of anilines is 1. The monoisotopic (exact) mass is 470 g/mol. The Labute approximate surface area is 200 Å². The minimum Gasteiger partial charge on any atom is -0.485 e. The number of nitrogens with zero attached hydrogens (tertiary/aromatic N) is 3. The molecule has 0 amide bonds. The zero-order chi connectivity index (χ0) is 23.4. The molecule has 3 heterocycles. The maximum atomic E-state index is 11.5. The second-order valence-corrected chi connectivity index (χ2v) is 9.85. The van der Waals surface area contributed by atoms with E-state index in [1.165, 1.54) is 11.8 Å². The number of para-hydroxylation sites is 1. The van der Waals surface area contributed by atoms with Gasteiger partial charge in [-0.05, 0) is 25.8 Å².